The predicted molar refractivity (Wildman–Crippen MR) is 127 cm³/mol. The Morgan fingerprint density at radius 2 is 1.84 bits per heavy atom. The van der Waals surface area contributed by atoms with Crippen LogP contribution in [0.25, 0.3) is 0 Å². The summed E-state index contributed by atoms with van der Waals surface area (Å²) in [6.45, 7) is 1.90. The van der Waals surface area contributed by atoms with Gasteiger partial charge in [0.15, 0.2) is 0 Å². The highest BCUT2D eigenvalue weighted by Crippen LogP contribution is 2.32. The maximum Gasteiger partial charge on any atom is 0.274 e. The largest absolute Gasteiger partial charge is 0.397 e. The molecule has 2 fully saturated rings. The Balaban J connectivity index is 1.27. The van der Waals surface area contributed by atoms with Crippen LogP contribution in [0.1, 0.15) is 61.9 Å². The van der Waals surface area contributed by atoms with Gasteiger partial charge in [0, 0.05) is 19.0 Å². The maximum atomic E-state index is 12.5. The van der Waals surface area contributed by atoms with E-state index in [1.165, 1.54) is 51.1 Å². The zero-order chi connectivity index (χ0) is 22.3. The summed E-state index contributed by atoms with van der Waals surface area (Å²) in [6, 6.07) is 11.0. The Morgan fingerprint density at radius 3 is 2.66 bits per heavy atom. The lowest BCUT2D eigenvalue weighted by atomic mass is 9.95. The van der Waals surface area contributed by atoms with Crippen LogP contribution in [0.5, 0.6) is 0 Å². The second kappa shape index (κ2) is 10.6. The molecule has 1 aliphatic carbocycles. The summed E-state index contributed by atoms with van der Waals surface area (Å²) in [5.41, 5.74) is 7.76. The van der Waals surface area contributed by atoms with Crippen LogP contribution in [0, 0.1) is 5.92 Å². The van der Waals surface area contributed by atoms with Crippen molar-refractivity contribution in [1.29, 1.82) is 0 Å². The fourth-order valence-electron chi connectivity index (χ4n) is 4.96. The number of nitrogens with one attached hydrogen (secondary N) is 2. The lowest BCUT2D eigenvalue weighted by molar-refractivity contribution is -0.116. The molecule has 1 saturated carbocycles. The molecule has 0 radical (unpaired) electrons. The Kier molecular flexibility index (Phi) is 7.37. The molecule has 32 heavy (non-hydrogen) atoms. The molecular formula is C25H33N5O2. The summed E-state index contributed by atoms with van der Waals surface area (Å²) < 4.78 is 0. The van der Waals surface area contributed by atoms with Gasteiger partial charge in [-0.15, -0.1) is 0 Å². The standard InChI is InChI=1S/C25H33N5O2/c26-21-9-3-4-10-22(21)29-25(32)23-12-11-19(17-27-23)28-24(31)13-15-30-14-5-7-18-6-1-2-8-20(30)16-18/h3-4,9-12,17-18,20H,1-2,5-8,13-16,26H2,(H,28,31)(H,29,32)/t18-,20-/m0/s1. The van der Waals surface area contributed by atoms with Gasteiger partial charge in [-0.1, -0.05) is 31.4 Å². The highest BCUT2D eigenvalue weighted by molar-refractivity contribution is 6.04. The van der Waals surface area contributed by atoms with Gasteiger partial charge in [0.1, 0.15) is 5.69 Å². The molecule has 4 rings (SSSR count). The van der Waals surface area contributed by atoms with Crippen molar-refractivity contribution < 1.29 is 9.59 Å². The van der Waals surface area contributed by atoms with Gasteiger partial charge in [-0.05, 0) is 62.4 Å². The minimum absolute atomic E-state index is 0.0181. The highest BCUT2D eigenvalue weighted by atomic mass is 16.2. The molecule has 7 heteroatoms. The molecule has 2 atom stereocenters. The Labute approximate surface area is 189 Å². The maximum absolute atomic E-state index is 12.5. The molecule has 2 aromatic rings. The molecule has 7 nitrogen and oxygen atoms in total. The Hall–Kier alpha value is -2.93. The number of rotatable bonds is 6. The van der Waals surface area contributed by atoms with E-state index in [2.05, 4.69) is 20.5 Å². The molecule has 4 N–H and O–H groups in total. The average molecular weight is 436 g/mol. The van der Waals surface area contributed by atoms with Crippen molar-refractivity contribution in [3.8, 4) is 0 Å². The number of amides is 2. The zero-order valence-electron chi connectivity index (χ0n) is 18.6. The number of nitrogen functional groups attached to an aromatic ring is 1. The van der Waals surface area contributed by atoms with E-state index in [1.807, 2.05) is 0 Å². The number of likely N-dealkylation sites (tertiary alicyclic amines) is 1. The van der Waals surface area contributed by atoms with Crippen molar-refractivity contribution in [1.82, 2.24) is 9.88 Å². The number of hydrogen-bond donors (Lipinski definition) is 3. The molecular weight excluding hydrogens is 402 g/mol. The van der Waals surface area contributed by atoms with Crippen molar-refractivity contribution >= 4 is 28.9 Å². The first-order valence-corrected chi connectivity index (χ1v) is 11.7. The molecule has 2 aliphatic rings. The molecule has 0 unspecified atom stereocenters. The normalized spacial score (nSPS) is 21.2. The molecule has 2 heterocycles. The third-order valence-electron chi connectivity index (χ3n) is 6.69. The van der Waals surface area contributed by atoms with Gasteiger partial charge >= 0.3 is 0 Å². The van der Waals surface area contributed by atoms with Crippen LogP contribution in [-0.2, 0) is 4.79 Å². The number of hydrogen-bond acceptors (Lipinski definition) is 5. The quantitative estimate of drug-likeness (QED) is 0.588. The fourth-order valence-corrected chi connectivity index (χ4v) is 4.96. The average Bonchev–Trinajstić information content (AvgIpc) is 3.15. The number of nitrogens with zero attached hydrogens (tertiary/aromatic N) is 2. The third kappa shape index (κ3) is 5.85. The van der Waals surface area contributed by atoms with E-state index < -0.39 is 0 Å². The van der Waals surface area contributed by atoms with Crippen LogP contribution in [-0.4, -0.2) is 40.8 Å². The minimum atomic E-state index is -0.344. The zero-order valence-corrected chi connectivity index (χ0v) is 18.6. The molecule has 1 aliphatic heterocycles. The van der Waals surface area contributed by atoms with Crippen LogP contribution >= 0.6 is 0 Å². The predicted octanol–water partition coefficient (Wildman–Crippen LogP) is 4.29. The van der Waals surface area contributed by atoms with Gasteiger partial charge in [-0.25, -0.2) is 4.98 Å². The second-order valence-corrected chi connectivity index (χ2v) is 8.99. The Morgan fingerprint density at radius 1 is 1.03 bits per heavy atom. The topological polar surface area (TPSA) is 100 Å². The summed E-state index contributed by atoms with van der Waals surface area (Å²) in [4.78, 5) is 31.6. The van der Waals surface area contributed by atoms with Crippen LogP contribution < -0.4 is 16.4 Å². The summed E-state index contributed by atoms with van der Waals surface area (Å²) >= 11 is 0. The van der Waals surface area contributed by atoms with Crippen LogP contribution in [0.2, 0.25) is 0 Å². The van der Waals surface area contributed by atoms with Crippen LogP contribution in [0.3, 0.4) is 0 Å². The van der Waals surface area contributed by atoms with Gasteiger partial charge in [0.05, 0.1) is 23.3 Å². The molecule has 1 aromatic carbocycles. The molecule has 1 aromatic heterocycles. The lowest BCUT2D eigenvalue weighted by Gasteiger charge is -2.29. The minimum Gasteiger partial charge on any atom is -0.397 e. The first kappa shape index (κ1) is 22.3. The summed E-state index contributed by atoms with van der Waals surface area (Å²) in [5, 5.41) is 5.66. The smallest absolute Gasteiger partial charge is 0.274 e. The van der Waals surface area contributed by atoms with E-state index in [4.69, 9.17) is 5.73 Å². The fraction of sp³-hybridized carbons (Fsp3) is 0.480. The molecule has 2 bridgehead atoms. The molecule has 0 spiro atoms. The van der Waals surface area contributed by atoms with E-state index in [0.29, 0.717) is 29.5 Å². The Bertz CT molecular complexity index is 930. The summed E-state index contributed by atoms with van der Waals surface area (Å²) in [7, 11) is 0. The number of para-hydroxylation sites is 2. The van der Waals surface area contributed by atoms with Gasteiger partial charge in [0.25, 0.3) is 5.91 Å². The highest BCUT2D eigenvalue weighted by Gasteiger charge is 2.28. The van der Waals surface area contributed by atoms with Crippen molar-refractivity contribution in [2.24, 2.45) is 5.92 Å². The SMILES string of the molecule is Nc1ccccc1NC(=O)c1ccc(NC(=O)CCN2CCC[C@@H]3CCCC[C@H]2C3)cn1. The summed E-state index contributed by atoms with van der Waals surface area (Å²) in [5.74, 6) is 0.514. The van der Waals surface area contributed by atoms with Crippen molar-refractivity contribution in [2.75, 3.05) is 29.5 Å². The number of aromatic nitrogens is 1. The van der Waals surface area contributed by atoms with Crippen molar-refractivity contribution in [3.63, 3.8) is 0 Å². The first-order chi connectivity index (χ1) is 15.6. The van der Waals surface area contributed by atoms with Crippen molar-refractivity contribution in [2.45, 2.75) is 57.4 Å². The molecule has 1 saturated heterocycles. The van der Waals surface area contributed by atoms with Gasteiger partial charge in [-0.2, -0.15) is 0 Å². The van der Waals surface area contributed by atoms with E-state index >= 15 is 0 Å². The van der Waals surface area contributed by atoms with Crippen LogP contribution in [0.4, 0.5) is 17.1 Å². The number of pyridine rings is 1. The van der Waals surface area contributed by atoms with Crippen molar-refractivity contribution in [3.05, 3.63) is 48.3 Å². The van der Waals surface area contributed by atoms with E-state index in [0.717, 1.165) is 19.0 Å². The van der Waals surface area contributed by atoms with Gasteiger partial charge in [-0.3, -0.25) is 14.5 Å². The van der Waals surface area contributed by atoms with Gasteiger partial charge < -0.3 is 16.4 Å². The number of nitrogens with two attached hydrogens (primary N) is 1. The van der Waals surface area contributed by atoms with E-state index in [9.17, 15) is 9.59 Å². The molecule has 2 amide bonds. The van der Waals surface area contributed by atoms with Gasteiger partial charge in [0.2, 0.25) is 5.91 Å². The molecule has 170 valence electrons. The van der Waals surface area contributed by atoms with E-state index in [-0.39, 0.29) is 17.5 Å². The lowest BCUT2D eigenvalue weighted by Crippen LogP contribution is -2.37. The first-order valence-electron chi connectivity index (χ1n) is 11.7. The number of fused-ring (bicyclic) bond motifs is 2. The second-order valence-electron chi connectivity index (χ2n) is 8.99. The monoisotopic (exact) mass is 435 g/mol. The number of anilines is 3. The number of carbonyl (C=O) groups is 2. The summed E-state index contributed by atoms with van der Waals surface area (Å²) in [6.07, 6.45) is 11.2. The number of benzene rings is 1. The van der Waals surface area contributed by atoms with Crippen LogP contribution in [0.15, 0.2) is 42.6 Å². The van der Waals surface area contributed by atoms with E-state index in [1.54, 1.807) is 36.4 Å². The third-order valence-corrected chi connectivity index (χ3v) is 6.69. The number of carbonyl (C=O) groups excluding carboxylic acids is 2.